The zero-order valence-electron chi connectivity index (χ0n) is 12.1. The number of halogens is 1. The van der Waals surface area contributed by atoms with Crippen LogP contribution in [0.1, 0.15) is 25.7 Å². The zero-order valence-corrected chi connectivity index (χ0v) is 14.5. The topological polar surface area (TPSA) is 19.4 Å². The Labute approximate surface area is 138 Å². The summed E-state index contributed by atoms with van der Waals surface area (Å²) in [4.78, 5) is 10.0. The van der Waals surface area contributed by atoms with Gasteiger partial charge in [-0.1, -0.05) is 33.7 Å². The maximum absolute atomic E-state index is 4.82. The third-order valence-corrected chi connectivity index (χ3v) is 6.25. The summed E-state index contributed by atoms with van der Waals surface area (Å²) in [6.45, 7) is 4.90. The van der Waals surface area contributed by atoms with Crippen molar-refractivity contribution in [2.45, 2.75) is 31.7 Å². The molecule has 0 N–H and O–H groups in total. The van der Waals surface area contributed by atoms with Crippen molar-refractivity contribution in [3.05, 3.63) is 22.7 Å². The highest BCUT2D eigenvalue weighted by atomic mass is 79.9. The van der Waals surface area contributed by atoms with Crippen LogP contribution in [0.25, 0.3) is 10.2 Å². The Hall–Kier alpha value is -0.650. The molecule has 4 rings (SSSR count). The Bertz CT molecular complexity index is 635. The molecule has 0 spiro atoms. The van der Waals surface area contributed by atoms with Gasteiger partial charge in [-0.2, -0.15) is 0 Å². The third kappa shape index (κ3) is 2.83. The number of likely N-dealkylation sites (tertiary alicyclic amines) is 1. The number of hydrogen-bond donors (Lipinski definition) is 0. The van der Waals surface area contributed by atoms with E-state index in [9.17, 15) is 0 Å². The monoisotopic (exact) mass is 365 g/mol. The van der Waals surface area contributed by atoms with Crippen LogP contribution in [0.2, 0.25) is 0 Å². The molecule has 0 bridgehead atoms. The molecule has 2 saturated heterocycles. The molecule has 0 saturated carbocycles. The van der Waals surface area contributed by atoms with E-state index in [0.717, 1.165) is 29.1 Å². The second kappa shape index (κ2) is 5.86. The van der Waals surface area contributed by atoms with Gasteiger partial charge in [-0.15, -0.1) is 0 Å². The van der Waals surface area contributed by atoms with Crippen molar-refractivity contribution in [3.63, 3.8) is 0 Å². The maximum atomic E-state index is 4.82. The van der Waals surface area contributed by atoms with E-state index in [1.54, 1.807) is 0 Å². The number of anilines is 1. The van der Waals surface area contributed by atoms with Gasteiger partial charge in [0.25, 0.3) is 0 Å². The first-order valence-corrected chi connectivity index (χ1v) is 9.46. The standard InChI is InChI=1S/C16H20BrN3S/c17-12-4-5-14-15(10-12)21-16(18-14)20-9-6-13(11-20)19-7-2-1-3-8-19/h4-5,10,13H,1-3,6-9,11H2. The van der Waals surface area contributed by atoms with Crippen LogP contribution in [0.15, 0.2) is 22.7 Å². The van der Waals surface area contributed by atoms with Crippen LogP contribution in [-0.4, -0.2) is 42.1 Å². The van der Waals surface area contributed by atoms with Gasteiger partial charge in [-0.25, -0.2) is 4.98 Å². The fourth-order valence-corrected chi connectivity index (χ4v) is 5.07. The van der Waals surface area contributed by atoms with Gasteiger partial charge in [0, 0.05) is 23.6 Å². The number of rotatable bonds is 2. The summed E-state index contributed by atoms with van der Waals surface area (Å²) >= 11 is 5.37. The van der Waals surface area contributed by atoms with Crippen molar-refractivity contribution in [2.24, 2.45) is 0 Å². The summed E-state index contributed by atoms with van der Waals surface area (Å²) in [6, 6.07) is 7.10. The van der Waals surface area contributed by atoms with Gasteiger partial charge in [0.2, 0.25) is 0 Å². The summed E-state index contributed by atoms with van der Waals surface area (Å²) < 4.78 is 2.42. The van der Waals surface area contributed by atoms with E-state index in [4.69, 9.17) is 4.98 Å². The predicted octanol–water partition coefficient (Wildman–Crippen LogP) is 4.12. The van der Waals surface area contributed by atoms with Crippen LogP contribution in [0.4, 0.5) is 5.13 Å². The van der Waals surface area contributed by atoms with Gasteiger partial charge >= 0.3 is 0 Å². The van der Waals surface area contributed by atoms with E-state index in [0.29, 0.717) is 0 Å². The van der Waals surface area contributed by atoms with Crippen molar-refractivity contribution >= 4 is 42.6 Å². The van der Waals surface area contributed by atoms with Gasteiger partial charge in [0.15, 0.2) is 5.13 Å². The average Bonchev–Trinajstić information content (AvgIpc) is 3.14. The third-order valence-electron chi connectivity index (χ3n) is 4.68. The lowest BCUT2D eigenvalue weighted by Crippen LogP contribution is -2.40. The maximum Gasteiger partial charge on any atom is 0.186 e. The van der Waals surface area contributed by atoms with Crippen molar-refractivity contribution in [1.82, 2.24) is 9.88 Å². The molecule has 2 aliphatic rings. The van der Waals surface area contributed by atoms with Crippen LogP contribution in [-0.2, 0) is 0 Å². The molecule has 1 aromatic heterocycles. The molecule has 0 radical (unpaired) electrons. The molecule has 0 amide bonds. The second-order valence-electron chi connectivity index (χ2n) is 6.09. The molecule has 2 aromatic rings. The van der Waals surface area contributed by atoms with Gasteiger partial charge < -0.3 is 4.90 Å². The highest BCUT2D eigenvalue weighted by Crippen LogP contribution is 2.33. The second-order valence-corrected chi connectivity index (χ2v) is 8.02. The molecule has 0 aliphatic carbocycles. The molecule has 2 aliphatic heterocycles. The lowest BCUT2D eigenvalue weighted by molar-refractivity contribution is 0.175. The highest BCUT2D eigenvalue weighted by Gasteiger charge is 2.29. The Kier molecular flexibility index (Phi) is 3.90. The van der Waals surface area contributed by atoms with Gasteiger partial charge in [0.1, 0.15) is 0 Å². The number of nitrogens with zero attached hydrogens (tertiary/aromatic N) is 3. The molecule has 5 heteroatoms. The number of benzene rings is 1. The van der Waals surface area contributed by atoms with E-state index < -0.39 is 0 Å². The molecular formula is C16H20BrN3S. The van der Waals surface area contributed by atoms with E-state index in [-0.39, 0.29) is 0 Å². The summed E-state index contributed by atoms with van der Waals surface area (Å²) in [6.07, 6.45) is 5.47. The van der Waals surface area contributed by atoms with Crippen LogP contribution in [0.5, 0.6) is 0 Å². The Morgan fingerprint density at radius 1 is 1.14 bits per heavy atom. The summed E-state index contributed by atoms with van der Waals surface area (Å²) in [5, 5.41) is 1.20. The summed E-state index contributed by atoms with van der Waals surface area (Å²) in [7, 11) is 0. The molecule has 1 unspecified atom stereocenters. The Morgan fingerprint density at radius 3 is 2.86 bits per heavy atom. The summed E-state index contributed by atoms with van der Waals surface area (Å²) in [5.74, 6) is 0. The largest absolute Gasteiger partial charge is 0.346 e. The normalized spacial score (nSPS) is 24.0. The highest BCUT2D eigenvalue weighted by molar-refractivity contribution is 9.10. The van der Waals surface area contributed by atoms with Crippen LogP contribution < -0.4 is 4.90 Å². The number of aromatic nitrogens is 1. The SMILES string of the molecule is Brc1ccc2nc(N3CCC(N4CCCCC4)C3)sc2c1. The van der Waals surface area contributed by atoms with E-state index >= 15 is 0 Å². The first-order chi connectivity index (χ1) is 10.3. The van der Waals surface area contributed by atoms with Crippen molar-refractivity contribution in [2.75, 3.05) is 31.1 Å². The molecule has 1 atom stereocenters. The smallest absolute Gasteiger partial charge is 0.186 e. The van der Waals surface area contributed by atoms with Gasteiger partial charge in [0.05, 0.1) is 10.2 Å². The predicted molar refractivity (Wildman–Crippen MR) is 93.4 cm³/mol. The molecule has 1 aromatic carbocycles. The molecular weight excluding hydrogens is 346 g/mol. The van der Waals surface area contributed by atoms with Crippen molar-refractivity contribution in [3.8, 4) is 0 Å². The van der Waals surface area contributed by atoms with Crippen molar-refractivity contribution < 1.29 is 0 Å². The quantitative estimate of drug-likeness (QED) is 0.797. The first kappa shape index (κ1) is 14.0. The minimum absolute atomic E-state index is 0.740. The van der Waals surface area contributed by atoms with E-state index in [2.05, 4.69) is 43.9 Å². The minimum atomic E-state index is 0.740. The van der Waals surface area contributed by atoms with Gasteiger partial charge in [-0.05, 0) is 50.6 Å². The lowest BCUT2D eigenvalue weighted by Gasteiger charge is -2.32. The van der Waals surface area contributed by atoms with E-state index in [1.165, 1.54) is 48.6 Å². The fourth-order valence-electron chi connectivity index (χ4n) is 3.52. The summed E-state index contributed by atoms with van der Waals surface area (Å²) in [5.41, 5.74) is 1.12. The number of piperidine rings is 1. The minimum Gasteiger partial charge on any atom is -0.346 e. The Morgan fingerprint density at radius 2 is 2.00 bits per heavy atom. The van der Waals surface area contributed by atoms with E-state index in [1.807, 2.05) is 11.3 Å². The van der Waals surface area contributed by atoms with Crippen LogP contribution in [0.3, 0.4) is 0 Å². The lowest BCUT2D eigenvalue weighted by atomic mass is 10.1. The zero-order chi connectivity index (χ0) is 14.2. The number of fused-ring (bicyclic) bond motifs is 1. The fraction of sp³-hybridized carbons (Fsp3) is 0.562. The average molecular weight is 366 g/mol. The molecule has 21 heavy (non-hydrogen) atoms. The molecule has 3 heterocycles. The van der Waals surface area contributed by atoms with Crippen LogP contribution >= 0.6 is 27.3 Å². The van der Waals surface area contributed by atoms with Crippen molar-refractivity contribution in [1.29, 1.82) is 0 Å². The molecule has 3 nitrogen and oxygen atoms in total. The molecule has 2 fully saturated rings. The van der Waals surface area contributed by atoms with Gasteiger partial charge in [-0.3, -0.25) is 4.90 Å². The van der Waals surface area contributed by atoms with Crippen LogP contribution in [0, 0.1) is 0 Å². The Balaban J connectivity index is 1.50. The number of thiazole rings is 1. The first-order valence-electron chi connectivity index (χ1n) is 7.85. The number of hydrogen-bond acceptors (Lipinski definition) is 4. The molecule has 112 valence electrons.